The molecule has 0 fully saturated rings. The van der Waals surface area contributed by atoms with Crippen LogP contribution in [0.5, 0.6) is 0 Å². The first-order valence-corrected chi connectivity index (χ1v) is 9.20. The highest BCUT2D eigenvalue weighted by molar-refractivity contribution is 6.61. The van der Waals surface area contributed by atoms with Crippen LogP contribution in [-0.4, -0.2) is 11.4 Å². The largest absolute Gasteiger partial charge is 0.278 e. The van der Waals surface area contributed by atoms with Gasteiger partial charge in [0.1, 0.15) is 11.4 Å². The van der Waals surface area contributed by atoms with Crippen LogP contribution >= 0.6 is 0 Å². The summed E-state index contributed by atoms with van der Waals surface area (Å²) in [6.07, 6.45) is 0. The Hall–Kier alpha value is -3.92. The number of hydrogen-bond donors (Lipinski definition) is 2. The minimum Gasteiger partial charge on any atom is -0.278 e. The van der Waals surface area contributed by atoms with Gasteiger partial charge in [-0.1, -0.05) is 72.8 Å². The molecule has 0 atom stereocenters. The standard InChI is InChI=1S/C24H18N4/c1-3-11-18(12-4-1)25-27-23-20-15-7-9-17-10-8-16-21(22(17)20)24(23)28-26-19-13-5-2-6-14-19/h1-16,25-26H/b27-23-,28-24-. The summed E-state index contributed by atoms with van der Waals surface area (Å²) in [7, 11) is 0. The van der Waals surface area contributed by atoms with Crippen LogP contribution < -0.4 is 10.9 Å². The molecule has 0 saturated carbocycles. The fraction of sp³-hybridized carbons (Fsp3) is 0. The molecule has 0 aliphatic heterocycles. The highest BCUT2D eigenvalue weighted by atomic mass is 15.3. The molecule has 0 unspecified atom stereocenters. The van der Waals surface area contributed by atoms with Crippen molar-refractivity contribution in [3.05, 3.63) is 108 Å². The van der Waals surface area contributed by atoms with Crippen molar-refractivity contribution in [3.63, 3.8) is 0 Å². The molecule has 28 heavy (non-hydrogen) atoms. The third-order valence-corrected chi connectivity index (χ3v) is 4.78. The Labute approximate surface area is 163 Å². The van der Waals surface area contributed by atoms with E-state index in [1.54, 1.807) is 0 Å². The Morgan fingerprint density at radius 3 is 1.39 bits per heavy atom. The van der Waals surface area contributed by atoms with Gasteiger partial charge in [0.05, 0.1) is 11.4 Å². The molecule has 0 bridgehead atoms. The smallest absolute Gasteiger partial charge is 0.119 e. The van der Waals surface area contributed by atoms with Gasteiger partial charge in [0.2, 0.25) is 0 Å². The second-order valence-corrected chi connectivity index (χ2v) is 6.59. The average Bonchev–Trinajstić information content (AvgIpc) is 3.07. The number of anilines is 2. The molecule has 4 nitrogen and oxygen atoms in total. The quantitative estimate of drug-likeness (QED) is 0.472. The maximum Gasteiger partial charge on any atom is 0.119 e. The van der Waals surface area contributed by atoms with Crippen LogP contribution in [0.4, 0.5) is 11.4 Å². The predicted molar refractivity (Wildman–Crippen MR) is 117 cm³/mol. The van der Waals surface area contributed by atoms with Crippen LogP contribution in [0.2, 0.25) is 0 Å². The molecule has 4 aromatic rings. The van der Waals surface area contributed by atoms with Gasteiger partial charge < -0.3 is 0 Å². The van der Waals surface area contributed by atoms with Gasteiger partial charge in [-0.3, -0.25) is 10.9 Å². The molecule has 134 valence electrons. The number of nitrogens with zero attached hydrogens (tertiary/aromatic N) is 2. The summed E-state index contributed by atoms with van der Waals surface area (Å²) < 4.78 is 0. The van der Waals surface area contributed by atoms with Crippen molar-refractivity contribution in [1.29, 1.82) is 0 Å². The third kappa shape index (κ3) is 2.91. The highest BCUT2D eigenvalue weighted by Gasteiger charge is 2.27. The molecule has 0 spiro atoms. The van der Waals surface area contributed by atoms with E-state index in [1.807, 2.05) is 60.7 Å². The normalized spacial score (nSPS) is 15.3. The van der Waals surface area contributed by atoms with Crippen molar-refractivity contribution in [3.8, 4) is 0 Å². The maximum atomic E-state index is 4.72. The van der Waals surface area contributed by atoms with Crippen molar-refractivity contribution in [2.24, 2.45) is 10.2 Å². The van der Waals surface area contributed by atoms with Crippen LogP contribution in [0.15, 0.2) is 107 Å². The Balaban J connectivity index is 1.61. The number of para-hydroxylation sites is 2. The zero-order valence-corrected chi connectivity index (χ0v) is 15.1. The molecule has 2 N–H and O–H groups in total. The lowest BCUT2D eigenvalue weighted by atomic mass is 10.1. The second-order valence-electron chi connectivity index (χ2n) is 6.59. The van der Waals surface area contributed by atoms with Crippen molar-refractivity contribution >= 4 is 33.6 Å². The van der Waals surface area contributed by atoms with E-state index in [9.17, 15) is 0 Å². The summed E-state index contributed by atoms with van der Waals surface area (Å²) in [6.45, 7) is 0. The van der Waals surface area contributed by atoms with Gasteiger partial charge in [-0.2, -0.15) is 10.2 Å². The van der Waals surface area contributed by atoms with E-state index < -0.39 is 0 Å². The Morgan fingerprint density at radius 2 is 0.929 bits per heavy atom. The first-order valence-electron chi connectivity index (χ1n) is 9.20. The Kier molecular flexibility index (Phi) is 4.07. The molecule has 5 rings (SSSR count). The topological polar surface area (TPSA) is 48.8 Å². The number of hydrazone groups is 2. The van der Waals surface area contributed by atoms with Gasteiger partial charge in [0, 0.05) is 16.5 Å². The van der Waals surface area contributed by atoms with E-state index >= 15 is 0 Å². The lowest BCUT2D eigenvalue weighted by Gasteiger charge is -2.06. The summed E-state index contributed by atoms with van der Waals surface area (Å²) in [4.78, 5) is 0. The van der Waals surface area contributed by atoms with Gasteiger partial charge >= 0.3 is 0 Å². The monoisotopic (exact) mass is 362 g/mol. The van der Waals surface area contributed by atoms with Crippen LogP contribution in [-0.2, 0) is 0 Å². The van der Waals surface area contributed by atoms with Crippen molar-refractivity contribution < 1.29 is 0 Å². The molecule has 1 aliphatic carbocycles. The first kappa shape index (κ1) is 16.3. The molecule has 0 aromatic heterocycles. The molecule has 4 heteroatoms. The molecule has 0 heterocycles. The van der Waals surface area contributed by atoms with Crippen LogP contribution in [0, 0.1) is 0 Å². The molecule has 1 aliphatic rings. The number of rotatable bonds is 4. The Bertz CT molecular complexity index is 1100. The summed E-state index contributed by atoms with van der Waals surface area (Å²) in [6, 6.07) is 32.5. The zero-order valence-electron chi connectivity index (χ0n) is 15.1. The molecule has 4 aromatic carbocycles. The highest BCUT2D eigenvalue weighted by Crippen LogP contribution is 2.31. The first-order chi connectivity index (χ1) is 13.9. The van der Waals surface area contributed by atoms with Crippen molar-refractivity contribution in [1.82, 2.24) is 0 Å². The van der Waals surface area contributed by atoms with Crippen LogP contribution in [0.3, 0.4) is 0 Å². The minimum absolute atomic E-state index is 0.832. The maximum absolute atomic E-state index is 4.72. The molecular weight excluding hydrogens is 344 g/mol. The second kappa shape index (κ2) is 7.00. The van der Waals surface area contributed by atoms with Gasteiger partial charge in [-0.15, -0.1) is 0 Å². The van der Waals surface area contributed by atoms with E-state index in [0.717, 1.165) is 33.9 Å². The van der Waals surface area contributed by atoms with Gasteiger partial charge in [-0.25, -0.2) is 0 Å². The number of nitrogens with one attached hydrogen (secondary N) is 2. The molecular formula is C24H18N4. The van der Waals surface area contributed by atoms with Crippen LogP contribution in [0.25, 0.3) is 10.8 Å². The fourth-order valence-corrected chi connectivity index (χ4v) is 3.48. The van der Waals surface area contributed by atoms with Gasteiger partial charge in [0.15, 0.2) is 0 Å². The van der Waals surface area contributed by atoms with E-state index in [1.165, 1.54) is 10.8 Å². The van der Waals surface area contributed by atoms with E-state index in [4.69, 9.17) is 10.2 Å². The number of hydrogen-bond acceptors (Lipinski definition) is 4. The molecule has 0 radical (unpaired) electrons. The SMILES string of the molecule is c1ccc(N/N=C2\C(=N/Nc3ccccc3)c3cccc4cccc2c34)cc1. The molecule has 0 saturated heterocycles. The number of benzene rings is 4. The summed E-state index contributed by atoms with van der Waals surface area (Å²) in [5, 5.41) is 11.8. The van der Waals surface area contributed by atoms with Gasteiger partial charge in [-0.05, 0) is 29.7 Å². The van der Waals surface area contributed by atoms with Gasteiger partial charge in [0.25, 0.3) is 0 Å². The third-order valence-electron chi connectivity index (χ3n) is 4.78. The fourth-order valence-electron chi connectivity index (χ4n) is 3.48. The van der Waals surface area contributed by atoms with E-state index in [-0.39, 0.29) is 0 Å². The summed E-state index contributed by atoms with van der Waals surface area (Å²) >= 11 is 0. The average molecular weight is 362 g/mol. The molecule has 0 amide bonds. The van der Waals surface area contributed by atoms with Crippen molar-refractivity contribution in [2.75, 3.05) is 10.9 Å². The summed E-state index contributed by atoms with van der Waals surface area (Å²) in [5.74, 6) is 0. The predicted octanol–water partition coefficient (Wildman–Crippen LogP) is 5.49. The van der Waals surface area contributed by atoms with E-state index in [0.29, 0.717) is 0 Å². The van der Waals surface area contributed by atoms with E-state index in [2.05, 4.69) is 47.2 Å². The lowest BCUT2D eigenvalue weighted by Crippen LogP contribution is -2.14. The van der Waals surface area contributed by atoms with Crippen LogP contribution in [0.1, 0.15) is 11.1 Å². The lowest BCUT2D eigenvalue weighted by molar-refractivity contribution is 1.32. The minimum atomic E-state index is 0.832. The van der Waals surface area contributed by atoms with Crippen molar-refractivity contribution in [2.45, 2.75) is 0 Å². The zero-order chi connectivity index (χ0) is 18.8. The summed E-state index contributed by atoms with van der Waals surface area (Å²) in [5.41, 5.74) is 12.1. The Morgan fingerprint density at radius 1 is 0.464 bits per heavy atom.